The second-order valence-electron chi connectivity index (χ2n) is 4.67. The van der Waals surface area contributed by atoms with Gasteiger partial charge in [0.2, 0.25) is 0 Å². The van der Waals surface area contributed by atoms with Crippen molar-refractivity contribution in [1.29, 1.82) is 0 Å². The van der Waals surface area contributed by atoms with Crippen molar-refractivity contribution in [1.82, 2.24) is 9.97 Å². The molecule has 0 spiro atoms. The Balaban J connectivity index is 3.12. The summed E-state index contributed by atoms with van der Waals surface area (Å²) in [5, 5.41) is 0.478. The number of hydrogen-bond acceptors (Lipinski definition) is 4. The molecule has 0 N–H and O–H groups in total. The van der Waals surface area contributed by atoms with Gasteiger partial charge < -0.3 is 9.64 Å². The predicted molar refractivity (Wildman–Crippen MR) is 80.1 cm³/mol. The topological polar surface area (TPSA) is 38.2 Å². The summed E-state index contributed by atoms with van der Waals surface area (Å²) in [7, 11) is 1.71. The lowest BCUT2D eigenvalue weighted by atomic mass is 10.1. The minimum Gasteiger partial charge on any atom is -0.383 e. The van der Waals surface area contributed by atoms with Gasteiger partial charge in [0.25, 0.3) is 0 Å². The van der Waals surface area contributed by atoms with E-state index in [1.165, 1.54) is 0 Å². The first kappa shape index (κ1) is 16.2. The Kier molecular flexibility index (Phi) is 6.52. The van der Waals surface area contributed by atoms with Gasteiger partial charge in [0.1, 0.15) is 0 Å². The van der Waals surface area contributed by atoms with Gasteiger partial charge in [-0.25, -0.2) is 9.97 Å². The average molecular weight is 286 g/mol. The van der Waals surface area contributed by atoms with E-state index >= 15 is 0 Å². The monoisotopic (exact) mass is 285 g/mol. The van der Waals surface area contributed by atoms with Crippen LogP contribution in [0.15, 0.2) is 0 Å². The van der Waals surface area contributed by atoms with Crippen molar-refractivity contribution in [3.63, 3.8) is 0 Å². The van der Waals surface area contributed by atoms with Gasteiger partial charge in [0.05, 0.1) is 18.0 Å². The van der Waals surface area contributed by atoms with Crippen molar-refractivity contribution < 1.29 is 4.74 Å². The highest BCUT2D eigenvalue weighted by atomic mass is 35.5. The fourth-order valence-corrected chi connectivity index (χ4v) is 2.40. The maximum atomic E-state index is 6.28. The van der Waals surface area contributed by atoms with Crippen molar-refractivity contribution in [2.75, 3.05) is 25.2 Å². The van der Waals surface area contributed by atoms with Crippen LogP contribution in [0.2, 0.25) is 5.15 Å². The maximum absolute atomic E-state index is 6.28. The van der Waals surface area contributed by atoms with Crippen LogP contribution < -0.4 is 4.90 Å². The molecule has 0 aromatic carbocycles. The van der Waals surface area contributed by atoms with E-state index in [4.69, 9.17) is 16.3 Å². The molecule has 5 heteroatoms. The molecule has 19 heavy (non-hydrogen) atoms. The van der Waals surface area contributed by atoms with E-state index in [9.17, 15) is 0 Å². The standard InChI is InChI=1S/C14H24ClN3O/c1-6-12(7-2)18(8-9-19-5)14-13(15)16-10(3)11(4)17-14/h12H,6-9H2,1-5H3. The van der Waals surface area contributed by atoms with E-state index in [0.717, 1.165) is 36.6 Å². The second-order valence-corrected chi connectivity index (χ2v) is 5.02. The lowest BCUT2D eigenvalue weighted by Gasteiger charge is -2.32. The van der Waals surface area contributed by atoms with Gasteiger partial charge in [-0.2, -0.15) is 0 Å². The molecular formula is C14H24ClN3O. The minimum atomic E-state index is 0.407. The number of aromatic nitrogens is 2. The number of aryl methyl sites for hydroxylation is 2. The molecule has 0 saturated carbocycles. The number of halogens is 1. The van der Waals surface area contributed by atoms with Crippen molar-refractivity contribution in [3.8, 4) is 0 Å². The Bertz CT molecular complexity index is 408. The molecule has 0 saturated heterocycles. The largest absolute Gasteiger partial charge is 0.383 e. The van der Waals surface area contributed by atoms with E-state index in [2.05, 4.69) is 28.7 Å². The molecule has 4 nitrogen and oxygen atoms in total. The Hall–Kier alpha value is -0.870. The molecule has 0 radical (unpaired) electrons. The molecule has 1 heterocycles. The maximum Gasteiger partial charge on any atom is 0.171 e. The summed E-state index contributed by atoms with van der Waals surface area (Å²) in [4.78, 5) is 11.2. The Labute approximate surface area is 121 Å². The van der Waals surface area contributed by atoms with Gasteiger partial charge in [-0.3, -0.25) is 0 Å². The SMILES string of the molecule is CCC(CC)N(CCOC)c1nc(C)c(C)nc1Cl. The van der Waals surface area contributed by atoms with Crippen LogP contribution in [0.3, 0.4) is 0 Å². The summed E-state index contributed by atoms with van der Waals surface area (Å²) in [5.41, 5.74) is 1.80. The Morgan fingerprint density at radius 3 is 2.26 bits per heavy atom. The molecule has 0 fully saturated rings. The molecule has 0 atom stereocenters. The molecule has 1 aromatic heterocycles. The first-order valence-electron chi connectivity index (χ1n) is 6.81. The lowest BCUT2D eigenvalue weighted by Crippen LogP contribution is -2.38. The summed E-state index contributed by atoms with van der Waals surface area (Å²) in [5.74, 6) is 0.774. The first-order valence-corrected chi connectivity index (χ1v) is 7.19. The third kappa shape index (κ3) is 4.05. The van der Waals surface area contributed by atoms with E-state index in [-0.39, 0.29) is 0 Å². The Morgan fingerprint density at radius 1 is 1.16 bits per heavy atom. The van der Waals surface area contributed by atoms with Crippen LogP contribution in [-0.4, -0.2) is 36.3 Å². The van der Waals surface area contributed by atoms with Gasteiger partial charge in [0, 0.05) is 19.7 Å². The fourth-order valence-electron chi connectivity index (χ4n) is 2.13. The highest BCUT2D eigenvalue weighted by Gasteiger charge is 2.21. The van der Waals surface area contributed by atoms with Crippen LogP contribution >= 0.6 is 11.6 Å². The quantitative estimate of drug-likeness (QED) is 0.770. The number of methoxy groups -OCH3 is 1. The smallest absolute Gasteiger partial charge is 0.171 e. The summed E-state index contributed by atoms with van der Waals surface area (Å²) in [6.07, 6.45) is 2.09. The molecule has 0 aliphatic rings. The van der Waals surface area contributed by atoms with E-state index < -0.39 is 0 Å². The van der Waals surface area contributed by atoms with Crippen LogP contribution in [0.1, 0.15) is 38.1 Å². The number of ether oxygens (including phenoxy) is 1. The second kappa shape index (κ2) is 7.65. The van der Waals surface area contributed by atoms with Crippen molar-refractivity contribution in [2.45, 2.75) is 46.6 Å². The van der Waals surface area contributed by atoms with E-state index in [1.807, 2.05) is 13.8 Å². The number of rotatable bonds is 7. The molecular weight excluding hydrogens is 262 g/mol. The summed E-state index contributed by atoms with van der Waals surface area (Å²) >= 11 is 6.28. The normalized spacial score (nSPS) is 11.1. The zero-order chi connectivity index (χ0) is 14.4. The molecule has 1 aromatic rings. The Morgan fingerprint density at radius 2 is 1.74 bits per heavy atom. The third-order valence-electron chi connectivity index (χ3n) is 3.44. The van der Waals surface area contributed by atoms with Gasteiger partial charge in [0.15, 0.2) is 11.0 Å². The molecule has 0 unspecified atom stereocenters. The average Bonchev–Trinajstić information content (AvgIpc) is 2.39. The summed E-state index contributed by atoms with van der Waals surface area (Å²) < 4.78 is 5.19. The highest BCUT2D eigenvalue weighted by molar-refractivity contribution is 6.31. The van der Waals surface area contributed by atoms with Crippen LogP contribution in [0.5, 0.6) is 0 Å². The zero-order valence-corrected chi connectivity index (χ0v) is 13.3. The number of anilines is 1. The summed E-state index contributed by atoms with van der Waals surface area (Å²) in [6, 6.07) is 0.407. The van der Waals surface area contributed by atoms with Gasteiger partial charge in [-0.15, -0.1) is 0 Å². The first-order chi connectivity index (χ1) is 9.04. The summed E-state index contributed by atoms with van der Waals surface area (Å²) in [6.45, 7) is 9.67. The van der Waals surface area contributed by atoms with E-state index in [0.29, 0.717) is 17.8 Å². The van der Waals surface area contributed by atoms with Crippen molar-refractivity contribution in [2.24, 2.45) is 0 Å². The molecule has 0 aliphatic carbocycles. The molecule has 0 aliphatic heterocycles. The van der Waals surface area contributed by atoms with Crippen LogP contribution in [0.25, 0.3) is 0 Å². The van der Waals surface area contributed by atoms with Gasteiger partial charge >= 0.3 is 0 Å². The third-order valence-corrected chi connectivity index (χ3v) is 3.69. The zero-order valence-electron chi connectivity index (χ0n) is 12.5. The molecule has 1 rings (SSSR count). The molecule has 0 amide bonds. The van der Waals surface area contributed by atoms with Gasteiger partial charge in [-0.05, 0) is 26.7 Å². The number of nitrogens with zero attached hydrogens (tertiary/aromatic N) is 3. The van der Waals surface area contributed by atoms with Gasteiger partial charge in [-0.1, -0.05) is 25.4 Å². The van der Waals surface area contributed by atoms with E-state index in [1.54, 1.807) is 7.11 Å². The molecule has 0 bridgehead atoms. The van der Waals surface area contributed by atoms with Crippen molar-refractivity contribution in [3.05, 3.63) is 16.5 Å². The van der Waals surface area contributed by atoms with Crippen LogP contribution in [0.4, 0.5) is 5.82 Å². The highest BCUT2D eigenvalue weighted by Crippen LogP contribution is 2.26. The molecule has 108 valence electrons. The predicted octanol–water partition coefficient (Wildman–Crippen LogP) is 3.39. The van der Waals surface area contributed by atoms with Crippen LogP contribution in [-0.2, 0) is 4.74 Å². The number of hydrogen-bond donors (Lipinski definition) is 0. The van der Waals surface area contributed by atoms with Crippen molar-refractivity contribution >= 4 is 17.4 Å². The lowest BCUT2D eigenvalue weighted by molar-refractivity contribution is 0.202. The fraction of sp³-hybridized carbons (Fsp3) is 0.714. The minimum absolute atomic E-state index is 0.407. The van der Waals surface area contributed by atoms with Crippen LogP contribution in [0, 0.1) is 13.8 Å².